The molecule has 2 nitrogen and oxygen atoms in total. The standard InChI is InChI=1S/C11H26N2S/c1-9(2)6-5-7-11(13-12)8-14-10(3)4/h9-11,13H,5-8,12H2,1-4H3. The minimum Gasteiger partial charge on any atom is -0.271 e. The van der Waals surface area contributed by atoms with Gasteiger partial charge in [-0.15, -0.1) is 0 Å². The Bertz CT molecular complexity index is 126. The van der Waals surface area contributed by atoms with Gasteiger partial charge in [0.05, 0.1) is 0 Å². The van der Waals surface area contributed by atoms with Gasteiger partial charge in [-0.1, -0.05) is 40.5 Å². The Hall–Kier alpha value is 0.270. The Kier molecular flexibility index (Phi) is 8.73. The molecule has 1 unspecified atom stereocenters. The van der Waals surface area contributed by atoms with E-state index in [1.165, 1.54) is 19.3 Å². The molecular weight excluding hydrogens is 192 g/mol. The molecule has 0 saturated carbocycles. The molecule has 0 spiro atoms. The predicted molar refractivity (Wildman–Crippen MR) is 67.4 cm³/mol. The summed E-state index contributed by atoms with van der Waals surface area (Å²) in [6.45, 7) is 9.00. The van der Waals surface area contributed by atoms with Crippen LogP contribution in [-0.4, -0.2) is 17.0 Å². The summed E-state index contributed by atoms with van der Waals surface area (Å²) in [5.74, 6) is 7.46. The van der Waals surface area contributed by atoms with Crippen LogP contribution in [0.5, 0.6) is 0 Å². The summed E-state index contributed by atoms with van der Waals surface area (Å²) < 4.78 is 0. The van der Waals surface area contributed by atoms with Crippen LogP contribution in [0.4, 0.5) is 0 Å². The zero-order chi connectivity index (χ0) is 11.0. The lowest BCUT2D eigenvalue weighted by Crippen LogP contribution is -2.37. The van der Waals surface area contributed by atoms with Crippen LogP contribution >= 0.6 is 11.8 Å². The maximum absolute atomic E-state index is 5.51. The van der Waals surface area contributed by atoms with Crippen molar-refractivity contribution in [1.29, 1.82) is 0 Å². The SMILES string of the molecule is CC(C)CCCC(CSC(C)C)NN. The minimum atomic E-state index is 0.487. The van der Waals surface area contributed by atoms with E-state index in [0.717, 1.165) is 11.7 Å². The molecule has 0 aliphatic heterocycles. The van der Waals surface area contributed by atoms with Gasteiger partial charge in [0.25, 0.3) is 0 Å². The summed E-state index contributed by atoms with van der Waals surface area (Å²) in [4.78, 5) is 0. The fourth-order valence-electron chi connectivity index (χ4n) is 1.30. The maximum atomic E-state index is 5.51. The fraction of sp³-hybridized carbons (Fsp3) is 1.00. The molecule has 0 aromatic carbocycles. The minimum absolute atomic E-state index is 0.487. The molecule has 0 bridgehead atoms. The summed E-state index contributed by atoms with van der Waals surface area (Å²) in [7, 11) is 0. The topological polar surface area (TPSA) is 38.0 Å². The summed E-state index contributed by atoms with van der Waals surface area (Å²) in [6.07, 6.45) is 3.80. The van der Waals surface area contributed by atoms with E-state index < -0.39 is 0 Å². The predicted octanol–water partition coefficient (Wildman–Crippen LogP) is 2.79. The Morgan fingerprint density at radius 1 is 1.14 bits per heavy atom. The van der Waals surface area contributed by atoms with Gasteiger partial charge in [0, 0.05) is 11.8 Å². The zero-order valence-corrected chi connectivity index (χ0v) is 10.9. The van der Waals surface area contributed by atoms with Crippen LogP contribution in [0, 0.1) is 5.92 Å². The van der Waals surface area contributed by atoms with E-state index in [2.05, 4.69) is 33.1 Å². The first-order valence-electron chi connectivity index (χ1n) is 5.64. The molecule has 0 fully saturated rings. The van der Waals surface area contributed by atoms with E-state index in [4.69, 9.17) is 5.84 Å². The molecule has 1 atom stereocenters. The van der Waals surface area contributed by atoms with Crippen molar-refractivity contribution in [2.45, 2.75) is 58.2 Å². The lowest BCUT2D eigenvalue weighted by atomic mass is 10.0. The van der Waals surface area contributed by atoms with Crippen LogP contribution < -0.4 is 11.3 Å². The van der Waals surface area contributed by atoms with Crippen molar-refractivity contribution in [2.75, 3.05) is 5.75 Å². The van der Waals surface area contributed by atoms with E-state index >= 15 is 0 Å². The zero-order valence-electron chi connectivity index (χ0n) is 10.0. The van der Waals surface area contributed by atoms with Crippen LogP contribution in [0.25, 0.3) is 0 Å². The second-order valence-electron chi connectivity index (χ2n) is 4.57. The van der Waals surface area contributed by atoms with Gasteiger partial charge in [-0.2, -0.15) is 11.8 Å². The van der Waals surface area contributed by atoms with Crippen molar-refractivity contribution in [3.8, 4) is 0 Å². The van der Waals surface area contributed by atoms with Gasteiger partial charge in [0.15, 0.2) is 0 Å². The Balaban J connectivity index is 3.48. The summed E-state index contributed by atoms with van der Waals surface area (Å²) in [5.41, 5.74) is 2.91. The molecular formula is C11H26N2S. The fourth-order valence-corrected chi connectivity index (χ4v) is 2.18. The molecule has 3 N–H and O–H groups in total. The number of hydrogen-bond donors (Lipinski definition) is 2. The monoisotopic (exact) mass is 218 g/mol. The normalized spacial score (nSPS) is 13.9. The van der Waals surface area contributed by atoms with Crippen molar-refractivity contribution >= 4 is 11.8 Å². The molecule has 3 heteroatoms. The smallest absolute Gasteiger partial charge is 0.0301 e. The van der Waals surface area contributed by atoms with Crippen LogP contribution in [0.2, 0.25) is 0 Å². The maximum Gasteiger partial charge on any atom is 0.0301 e. The summed E-state index contributed by atoms with van der Waals surface area (Å²) >= 11 is 1.98. The van der Waals surface area contributed by atoms with E-state index in [-0.39, 0.29) is 0 Å². The number of rotatable bonds is 8. The van der Waals surface area contributed by atoms with Gasteiger partial charge < -0.3 is 0 Å². The van der Waals surface area contributed by atoms with Crippen LogP contribution in [0.1, 0.15) is 47.0 Å². The number of nitrogens with two attached hydrogens (primary N) is 1. The average Bonchev–Trinajstić information content (AvgIpc) is 2.10. The first-order chi connectivity index (χ1) is 6.56. The summed E-state index contributed by atoms with van der Waals surface area (Å²) in [6, 6.07) is 0.487. The molecule has 0 radical (unpaired) electrons. The highest BCUT2D eigenvalue weighted by atomic mass is 32.2. The van der Waals surface area contributed by atoms with E-state index in [0.29, 0.717) is 11.3 Å². The van der Waals surface area contributed by atoms with Gasteiger partial charge in [-0.25, -0.2) is 0 Å². The third kappa shape index (κ3) is 8.85. The Labute approximate surface area is 93.4 Å². The van der Waals surface area contributed by atoms with Gasteiger partial charge >= 0.3 is 0 Å². The summed E-state index contributed by atoms with van der Waals surface area (Å²) in [5, 5.41) is 0.705. The third-order valence-electron chi connectivity index (χ3n) is 2.20. The van der Waals surface area contributed by atoms with E-state index in [1.54, 1.807) is 0 Å². The lowest BCUT2D eigenvalue weighted by molar-refractivity contribution is 0.469. The Morgan fingerprint density at radius 2 is 1.79 bits per heavy atom. The van der Waals surface area contributed by atoms with E-state index in [1.807, 2.05) is 11.8 Å². The van der Waals surface area contributed by atoms with Crippen LogP contribution in [0.15, 0.2) is 0 Å². The number of thioether (sulfide) groups is 1. The number of nitrogens with one attached hydrogen (secondary N) is 1. The van der Waals surface area contributed by atoms with Crippen molar-refractivity contribution in [3.63, 3.8) is 0 Å². The number of hydrazine groups is 1. The highest BCUT2D eigenvalue weighted by Crippen LogP contribution is 2.14. The molecule has 14 heavy (non-hydrogen) atoms. The van der Waals surface area contributed by atoms with Crippen LogP contribution in [0.3, 0.4) is 0 Å². The lowest BCUT2D eigenvalue weighted by Gasteiger charge is -2.17. The second kappa shape index (κ2) is 8.57. The van der Waals surface area contributed by atoms with Gasteiger partial charge in [0.2, 0.25) is 0 Å². The van der Waals surface area contributed by atoms with Gasteiger partial charge in [-0.05, 0) is 17.6 Å². The third-order valence-corrected chi connectivity index (χ3v) is 3.46. The molecule has 0 aliphatic rings. The van der Waals surface area contributed by atoms with E-state index in [9.17, 15) is 0 Å². The van der Waals surface area contributed by atoms with Crippen molar-refractivity contribution < 1.29 is 0 Å². The van der Waals surface area contributed by atoms with Crippen LogP contribution in [-0.2, 0) is 0 Å². The molecule has 0 amide bonds. The quantitative estimate of drug-likeness (QED) is 0.486. The molecule has 0 aromatic rings. The molecule has 0 heterocycles. The molecule has 0 rings (SSSR count). The van der Waals surface area contributed by atoms with Crippen molar-refractivity contribution in [2.24, 2.45) is 11.8 Å². The first-order valence-corrected chi connectivity index (χ1v) is 6.68. The van der Waals surface area contributed by atoms with Crippen molar-refractivity contribution in [3.05, 3.63) is 0 Å². The largest absolute Gasteiger partial charge is 0.271 e. The van der Waals surface area contributed by atoms with Crippen molar-refractivity contribution in [1.82, 2.24) is 5.43 Å². The Morgan fingerprint density at radius 3 is 2.21 bits per heavy atom. The molecule has 0 aromatic heterocycles. The second-order valence-corrected chi connectivity index (χ2v) is 6.18. The first kappa shape index (κ1) is 14.3. The average molecular weight is 218 g/mol. The molecule has 0 saturated heterocycles. The number of hydrogen-bond acceptors (Lipinski definition) is 3. The van der Waals surface area contributed by atoms with Gasteiger partial charge in [-0.3, -0.25) is 11.3 Å². The highest BCUT2D eigenvalue weighted by molar-refractivity contribution is 7.99. The molecule has 86 valence electrons. The van der Waals surface area contributed by atoms with Gasteiger partial charge in [0.1, 0.15) is 0 Å². The highest BCUT2D eigenvalue weighted by Gasteiger charge is 2.07. The molecule has 0 aliphatic carbocycles.